The van der Waals surface area contributed by atoms with E-state index in [4.69, 9.17) is 4.74 Å². The molecule has 1 saturated heterocycles. The zero-order valence-corrected chi connectivity index (χ0v) is 12.4. The monoisotopic (exact) mass is 275 g/mol. The van der Waals surface area contributed by atoms with Gasteiger partial charge in [-0.2, -0.15) is 0 Å². The Morgan fingerprint density at radius 1 is 1.20 bits per heavy atom. The van der Waals surface area contributed by atoms with Crippen molar-refractivity contribution in [2.24, 2.45) is 0 Å². The second-order valence-corrected chi connectivity index (χ2v) is 5.30. The fourth-order valence-corrected chi connectivity index (χ4v) is 2.57. The van der Waals surface area contributed by atoms with E-state index in [1.165, 1.54) is 0 Å². The van der Waals surface area contributed by atoms with Gasteiger partial charge >= 0.3 is 0 Å². The van der Waals surface area contributed by atoms with Crippen molar-refractivity contribution in [3.8, 4) is 5.75 Å². The molecular formula is C16H21NO3. The molecule has 108 valence electrons. The molecule has 0 radical (unpaired) electrons. The third kappa shape index (κ3) is 3.07. The maximum absolute atomic E-state index is 12.4. The summed E-state index contributed by atoms with van der Waals surface area (Å²) in [5.41, 5.74) is 2.73. The number of carbonyl (C=O) groups excluding carboxylic acids is 2. The van der Waals surface area contributed by atoms with Crippen LogP contribution in [0.1, 0.15) is 34.3 Å². The van der Waals surface area contributed by atoms with Gasteiger partial charge in [-0.15, -0.1) is 0 Å². The van der Waals surface area contributed by atoms with Gasteiger partial charge in [0.25, 0.3) is 0 Å². The molecule has 20 heavy (non-hydrogen) atoms. The number of methoxy groups -OCH3 is 1. The number of ether oxygens (including phenoxy) is 1. The van der Waals surface area contributed by atoms with Gasteiger partial charge in [-0.1, -0.05) is 0 Å². The predicted molar refractivity (Wildman–Crippen MR) is 77.5 cm³/mol. The molecule has 4 nitrogen and oxygen atoms in total. The summed E-state index contributed by atoms with van der Waals surface area (Å²) in [4.78, 5) is 25.7. The molecule has 1 aliphatic heterocycles. The summed E-state index contributed by atoms with van der Waals surface area (Å²) in [5, 5.41) is 0. The highest BCUT2D eigenvalue weighted by molar-refractivity contribution is 5.99. The Labute approximate surface area is 119 Å². The Kier molecular flexibility index (Phi) is 4.55. The van der Waals surface area contributed by atoms with Gasteiger partial charge in [0, 0.05) is 31.5 Å². The molecule has 0 N–H and O–H groups in total. The van der Waals surface area contributed by atoms with Crippen LogP contribution in [0.5, 0.6) is 5.75 Å². The first-order chi connectivity index (χ1) is 9.52. The summed E-state index contributed by atoms with van der Waals surface area (Å²) >= 11 is 0. The van der Waals surface area contributed by atoms with Crippen LogP contribution < -0.4 is 4.74 Å². The maximum Gasteiger partial charge on any atom is 0.177 e. The second-order valence-electron chi connectivity index (χ2n) is 5.30. The minimum Gasteiger partial charge on any atom is -0.496 e. The molecule has 4 heteroatoms. The topological polar surface area (TPSA) is 46.6 Å². The quantitative estimate of drug-likeness (QED) is 0.790. The Hall–Kier alpha value is -1.68. The number of Topliss-reactive ketones (excluding diaryl/α,β-unsaturated/α-hetero) is 2. The Bertz CT molecular complexity index is 527. The number of carbonyl (C=O) groups is 2. The fourth-order valence-electron chi connectivity index (χ4n) is 2.57. The number of rotatable bonds is 4. The van der Waals surface area contributed by atoms with E-state index in [-0.39, 0.29) is 5.78 Å². The van der Waals surface area contributed by atoms with Crippen LogP contribution in [-0.2, 0) is 4.79 Å². The third-order valence-electron chi connectivity index (χ3n) is 4.04. The lowest BCUT2D eigenvalue weighted by Gasteiger charge is -2.25. The number of nitrogens with zero attached hydrogens (tertiary/aromatic N) is 1. The van der Waals surface area contributed by atoms with Crippen molar-refractivity contribution in [3.63, 3.8) is 0 Å². The summed E-state index contributed by atoms with van der Waals surface area (Å²) in [6.45, 7) is 5.69. The van der Waals surface area contributed by atoms with E-state index in [1.807, 2.05) is 26.0 Å². The Morgan fingerprint density at radius 3 is 2.45 bits per heavy atom. The molecule has 0 spiro atoms. The number of piperidine rings is 1. The minimum absolute atomic E-state index is 0.114. The van der Waals surface area contributed by atoms with Crippen LogP contribution in [0.4, 0.5) is 0 Å². The predicted octanol–water partition coefficient (Wildman–Crippen LogP) is 2.16. The lowest BCUT2D eigenvalue weighted by Crippen LogP contribution is -2.37. The van der Waals surface area contributed by atoms with E-state index in [0.29, 0.717) is 38.3 Å². The van der Waals surface area contributed by atoms with Crippen LogP contribution >= 0.6 is 0 Å². The van der Waals surface area contributed by atoms with E-state index in [1.54, 1.807) is 7.11 Å². The van der Waals surface area contributed by atoms with Crippen LogP contribution in [-0.4, -0.2) is 43.2 Å². The first-order valence-corrected chi connectivity index (χ1v) is 6.94. The van der Waals surface area contributed by atoms with Gasteiger partial charge in [-0.05, 0) is 37.1 Å². The molecule has 1 fully saturated rings. The molecule has 0 amide bonds. The van der Waals surface area contributed by atoms with E-state index >= 15 is 0 Å². The Morgan fingerprint density at radius 2 is 1.85 bits per heavy atom. The minimum atomic E-state index is 0.114. The van der Waals surface area contributed by atoms with E-state index in [9.17, 15) is 9.59 Å². The van der Waals surface area contributed by atoms with Gasteiger partial charge in [0.05, 0.1) is 13.7 Å². The smallest absolute Gasteiger partial charge is 0.177 e. The van der Waals surface area contributed by atoms with Crippen molar-refractivity contribution < 1.29 is 14.3 Å². The molecular weight excluding hydrogens is 254 g/mol. The number of ketones is 2. The number of hydrogen-bond donors (Lipinski definition) is 0. The van der Waals surface area contributed by atoms with Crippen molar-refractivity contribution >= 4 is 11.6 Å². The third-order valence-corrected chi connectivity index (χ3v) is 4.04. The van der Waals surface area contributed by atoms with Crippen molar-refractivity contribution in [1.29, 1.82) is 0 Å². The zero-order valence-electron chi connectivity index (χ0n) is 12.4. The number of benzene rings is 1. The van der Waals surface area contributed by atoms with Crippen LogP contribution in [0.25, 0.3) is 0 Å². The second kappa shape index (κ2) is 6.18. The molecule has 0 aliphatic carbocycles. The van der Waals surface area contributed by atoms with Crippen LogP contribution in [0.15, 0.2) is 12.1 Å². The summed E-state index contributed by atoms with van der Waals surface area (Å²) in [6, 6.07) is 3.67. The molecule has 2 rings (SSSR count). The van der Waals surface area contributed by atoms with Crippen molar-refractivity contribution in [3.05, 3.63) is 28.8 Å². The summed E-state index contributed by atoms with van der Waals surface area (Å²) in [6.07, 6.45) is 1.13. The van der Waals surface area contributed by atoms with Crippen LogP contribution in [0.2, 0.25) is 0 Å². The van der Waals surface area contributed by atoms with Gasteiger partial charge < -0.3 is 4.74 Å². The Balaban J connectivity index is 2.10. The van der Waals surface area contributed by atoms with E-state index in [2.05, 4.69) is 4.90 Å². The molecule has 1 aromatic carbocycles. The molecule has 1 heterocycles. The van der Waals surface area contributed by atoms with Gasteiger partial charge in [0.15, 0.2) is 5.78 Å². The summed E-state index contributed by atoms with van der Waals surface area (Å²) in [5.74, 6) is 1.22. The molecule has 0 atom stereocenters. The molecule has 0 bridgehead atoms. The van der Waals surface area contributed by atoms with Crippen molar-refractivity contribution in [2.75, 3.05) is 26.7 Å². The molecule has 0 unspecified atom stereocenters. The summed E-state index contributed by atoms with van der Waals surface area (Å²) < 4.78 is 5.26. The molecule has 0 saturated carbocycles. The lowest BCUT2D eigenvalue weighted by atomic mass is 9.98. The van der Waals surface area contributed by atoms with Crippen molar-refractivity contribution in [2.45, 2.75) is 26.7 Å². The fraction of sp³-hybridized carbons (Fsp3) is 0.500. The molecule has 1 aliphatic rings. The van der Waals surface area contributed by atoms with Gasteiger partial charge in [0.2, 0.25) is 0 Å². The van der Waals surface area contributed by atoms with Gasteiger partial charge in [-0.25, -0.2) is 0 Å². The van der Waals surface area contributed by atoms with E-state index < -0.39 is 0 Å². The highest BCUT2D eigenvalue weighted by Crippen LogP contribution is 2.24. The number of likely N-dealkylation sites (tertiary alicyclic amines) is 1. The average Bonchev–Trinajstić information content (AvgIpc) is 2.44. The summed E-state index contributed by atoms with van der Waals surface area (Å²) in [7, 11) is 1.63. The average molecular weight is 275 g/mol. The van der Waals surface area contributed by atoms with Gasteiger partial charge in [0.1, 0.15) is 11.5 Å². The molecule has 1 aromatic rings. The number of hydrogen-bond acceptors (Lipinski definition) is 4. The van der Waals surface area contributed by atoms with Crippen molar-refractivity contribution in [1.82, 2.24) is 4.90 Å². The maximum atomic E-state index is 12.4. The van der Waals surface area contributed by atoms with E-state index in [0.717, 1.165) is 22.4 Å². The van der Waals surface area contributed by atoms with Gasteiger partial charge in [-0.3, -0.25) is 14.5 Å². The highest BCUT2D eigenvalue weighted by atomic mass is 16.5. The van der Waals surface area contributed by atoms with Crippen LogP contribution in [0, 0.1) is 13.8 Å². The molecule has 0 aromatic heterocycles. The SMILES string of the molecule is COc1ccc(C(=O)CN2CCC(=O)CC2)c(C)c1C. The lowest BCUT2D eigenvalue weighted by molar-refractivity contribution is -0.121. The largest absolute Gasteiger partial charge is 0.496 e. The highest BCUT2D eigenvalue weighted by Gasteiger charge is 2.20. The first-order valence-electron chi connectivity index (χ1n) is 6.94. The standard InChI is InChI=1S/C16H21NO3/c1-11-12(2)16(20-3)5-4-14(11)15(19)10-17-8-6-13(18)7-9-17/h4-5H,6-10H2,1-3H3. The van der Waals surface area contributed by atoms with Crippen LogP contribution in [0.3, 0.4) is 0 Å². The normalized spacial score (nSPS) is 16.2. The first kappa shape index (κ1) is 14.7. The zero-order chi connectivity index (χ0) is 14.7.